The van der Waals surface area contributed by atoms with Gasteiger partial charge in [0.1, 0.15) is 18.1 Å². The Morgan fingerprint density at radius 3 is 1.91 bits per heavy atom. The number of hydrogen-bond donors (Lipinski definition) is 0. The number of benzene rings is 1. The van der Waals surface area contributed by atoms with Crippen molar-refractivity contribution in [1.29, 1.82) is 0 Å². The number of nitrogens with zero attached hydrogens (tertiary/aromatic N) is 2. The molecular weight excluding hydrogens is 442 g/mol. The fourth-order valence-corrected chi connectivity index (χ4v) is 4.20. The number of ether oxygens (including phenoxy) is 1. The maximum absolute atomic E-state index is 14.1. The van der Waals surface area contributed by atoms with Crippen LogP contribution in [0.4, 0.5) is 8.78 Å². The predicted molar refractivity (Wildman–Crippen MR) is 142 cm³/mol. The quantitative estimate of drug-likeness (QED) is 0.174. The van der Waals surface area contributed by atoms with E-state index >= 15 is 0 Å². The van der Waals surface area contributed by atoms with Crippen LogP contribution >= 0.6 is 0 Å². The Bertz CT molecular complexity index is 767. The van der Waals surface area contributed by atoms with Crippen molar-refractivity contribution in [3.8, 4) is 17.1 Å². The smallest absolute Gasteiger partial charge is 0.159 e. The monoisotopic (exact) mass is 488 g/mol. The van der Waals surface area contributed by atoms with Crippen molar-refractivity contribution >= 4 is 0 Å². The van der Waals surface area contributed by atoms with Gasteiger partial charge < -0.3 is 4.74 Å². The lowest BCUT2D eigenvalue weighted by Gasteiger charge is -2.11. The number of rotatable bonds is 20. The number of halogens is 2. The average molecular weight is 489 g/mol. The van der Waals surface area contributed by atoms with Crippen LogP contribution in [0.5, 0.6) is 5.75 Å². The van der Waals surface area contributed by atoms with Crippen molar-refractivity contribution in [3.05, 3.63) is 42.2 Å². The molecule has 0 saturated heterocycles. The molecule has 0 aliphatic heterocycles. The average Bonchev–Trinajstić information content (AvgIpc) is 2.88. The van der Waals surface area contributed by atoms with E-state index in [0.29, 0.717) is 50.3 Å². The molecule has 0 aliphatic carbocycles. The molecular formula is C30H46F2N2O. The van der Waals surface area contributed by atoms with Crippen molar-refractivity contribution in [2.24, 2.45) is 0 Å². The molecule has 0 radical (unpaired) electrons. The normalized spacial score (nSPS) is 13.0. The molecule has 1 aromatic heterocycles. The third-order valence-corrected chi connectivity index (χ3v) is 6.49. The fraction of sp³-hybridized carbons (Fsp3) is 0.667. The van der Waals surface area contributed by atoms with Gasteiger partial charge >= 0.3 is 0 Å². The zero-order chi connectivity index (χ0) is 25.1. The van der Waals surface area contributed by atoms with Crippen LogP contribution in [0.2, 0.25) is 0 Å². The summed E-state index contributed by atoms with van der Waals surface area (Å²) < 4.78 is 33.4. The van der Waals surface area contributed by atoms with Gasteiger partial charge in [0.2, 0.25) is 0 Å². The number of unbranched alkanes of at least 4 members (excludes halogenated alkanes) is 7. The minimum Gasteiger partial charge on any atom is -0.493 e. The first-order valence-electron chi connectivity index (χ1n) is 13.9. The fourth-order valence-electron chi connectivity index (χ4n) is 4.20. The van der Waals surface area contributed by atoms with Crippen LogP contribution in [0, 0.1) is 0 Å². The minimum absolute atomic E-state index is 0.319. The molecule has 0 spiro atoms. The molecule has 2 atom stereocenters. The molecule has 0 bridgehead atoms. The highest BCUT2D eigenvalue weighted by Crippen LogP contribution is 2.21. The second-order valence-electron chi connectivity index (χ2n) is 9.72. The van der Waals surface area contributed by atoms with Crippen LogP contribution in [0.15, 0.2) is 36.7 Å². The zero-order valence-electron chi connectivity index (χ0n) is 22.0. The van der Waals surface area contributed by atoms with Crippen LogP contribution in [0.25, 0.3) is 11.4 Å². The van der Waals surface area contributed by atoms with Gasteiger partial charge in [0.25, 0.3) is 0 Å². The van der Waals surface area contributed by atoms with Gasteiger partial charge in [-0.1, -0.05) is 65.2 Å². The van der Waals surface area contributed by atoms with E-state index in [0.717, 1.165) is 24.8 Å². The van der Waals surface area contributed by atoms with Crippen LogP contribution in [-0.2, 0) is 6.42 Å². The third kappa shape index (κ3) is 13.0. The summed E-state index contributed by atoms with van der Waals surface area (Å²) in [4.78, 5) is 9.06. The second-order valence-corrected chi connectivity index (χ2v) is 9.72. The van der Waals surface area contributed by atoms with Crippen LogP contribution in [0.1, 0.15) is 109 Å². The highest BCUT2D eigenvalue weighted by Gasteiger charge is 2.11. The summed E-state index contributed by atoms with van der Waals surface area (Å²) in [7, 11) is 0. The molecule has 0 N–H and O–H groups in total. The second kappa shape index (κ2) is 18.3. The Kier molecular flexibility index (Phi) is 15.2. The summed E-state index contributed by atoms with van der Waals surface area (Å²) in [5, 5.41) is 0. The molecule has 3 nitrogen and oxygen atoms in total. The van der Waals surface area contributed by atoms with Crippen LogP contribution < -0.4 is 4.74 Å². The molecule has 2 aromatic rings. The Morgan fingerprint density at radius 1 is 0.686 bits per heavy atom. The van der Waals surface area contributed by atoms with Crippen molar-refractivity contribution in [1.82, 2.24) is 9.97 Å². The highest BCUT2D eigenvalue weighted by molar-refractivity contribution is 5.55. The summed E-state index contributed by atoms with van der Waals surface area (Å²) in [6, 6.07) is 7.62. The molecule has 35 heavy (non-hydrogen) atoms. The standard InChI is InChI=1S/C30H46F2N2O/c1-3-5-7-8-9-10-11-13-25-23-33-30(34-24-25)26-17-19-29(20-18-26)35-22-21-28(32)16-12-15-27(31)14-6-4-2/h17-20,23-24,27-28H,3-16,21-22H2,1-2H3. The summed E-state index contributed by atoms with van der Waals surface area (Å²) in [5.41, 5.74) is 2.12. The molecule has 2 rings (SSSR count). The van der Waals surface area contributed by atoms with Crippen molar-refractivity contribution in [2.45, 2.75) is 123 Å². The minimum atomic E-state index is -0.944. The van der Waals surface area contributed by atoms with Gasteiger partial charge in [-0.25, -0.2) is 18.7 Å². The molecule has 0 aliphatic rings. The molecule has 2 unspecified atom stereocenters. The van der Waals surface area contributed by atoms with Crippen molar-refractivity contribution in [2.75, 3.05) is 6.61 Å². The van der Waals surface area contributed by atoms with Crippen molar-refractivity contribution in [3.63, 3.8) is 0 Å². The Balaban J connectivity index is 1.63. The Hall–Kier alpha value is -2.04. The van der Waals surface area contributed by atoms with E-state index in [4.69, 9.17) is 4.74 Å². The lowest BCUT2D eigenvalue weighted by Crippen LogP contribution is -2.09. The van der Waals surface area contributed by atoms with E-state index in [-0.39, 0.29) is 0 Å². The Morgan fingerprint density at radius 2 is 1.26 bits per heavy atom. The van der Waals surface area contributed by atoms with Gasteiger partial charge in [-0.2, -0.15) is 0 Å². The molecule has 1 heterocycles. The SMILES string of the molecule is CCCCCCCCCc1cnc(-c2ccc(OCCC(F)CCCC(F)CCCC)cc2)nc1. The van der Waals surface area contributed by atoms with E-state index in [2.05, 4.69) is 23.8 Å². The first-order chi connectivity index (χ1) is 17.1. The summed E-state index contributed by atoms with van der Waals surface area (Å²) in [6.45, 7) is 4.62. The lowest BCUT2D eigenvalue weighted by molar-refractivity contribution is 0.213. The van der Waals surface area contributed by atoms with Gasteiger partial charge in [-0.3, -0.25) is 0 Å². The number of aryl methyl sites for hydroxylation is 1. The van der Waals surface area contributed by atoms with E-state index in [1.165, 1.54) is 50.5 Å². The first-order valence-corrected chi connectivity index (χ1v) is 13.9. The summed E-state index contributed by atoms with van der Waals surface area (Å²) in [6.07, 6.45) is 16.6. The van der Waals surface area contributed by atoms with Gasteiger partial charge in [-0.05, 0) is 68.4 Å². The van der Waals surface area contributed by atoms with E-state index < -0.39 is 12.3 Å². The molecule has 0 amide bonds. The highest BCUT2D eigenvalue weighted by atomic mass is 19.1. The largest absolute Gasteiger partial charge is 0.493 e. The van der Waals surface area contributed by atoms with Gasteiger partial charge in [0, 0.05) is 24.4 Å². The lowest BCUT2D eigenvalue weighted by atomic mass is 10.0. The molecule has 5 heteroatoms. The molecule has 196 valence electrons. The van der Waals surface area contributed by atoms with E-state index in [1.807, 2.05) is 36.7 Å². The maximum Gasteiger partial charge on any atom is 0.159 e. The number of hydrogen-bond acceptors (Lipinski definition) is 3. The van der Waals surface area contributed by atoms with Gasteiger partial charge in [0.05, 0.1) is 6.61 Å². The summed E-state index contributed by atoms with van der Waals surface area (Å²) in [5.74, 6) is 1.41. The van der Waals surface area contributed by atoms with Gasteiger partial charge in [0.15, 0.2) is 5.82 Å². The molecule has 0 saturated carbocycles. The maximum atomic E-state index is 14.1. The first kappa shape index (κ1) is 29.2. The van der Waals surface area contributed by atoms with E-state index in [9.17, 15) is 8.78 Å². The zero-order valence-corrected chi connectivity index (χ0v) is 22.0. The third-order valence-electron chi connectivity index (χ3n) is 6.49. The van der Waals surface area contributed by atoms with Crippen molar-refractivity contribution < 1.29 is 13.5 Å². The molecule has 0 fully saturated rings. The predicted octanol–water partition coefficient (Wildman–Crippen LogP) is 9.24. The molecule has 1 aromatic carbocycles. The van der Waals surface area contributed by atoms with Crippen LogP contribution in [0.3, 0.4) is 0 Å². The van der Waals surface area contributed by atoms with Gasteiger partial charge in [-0.15, -0.1) is 0 Å². The van der Waals surface area contributed by atoms with Crippen LogP contribution in [-0.4, -0.2) is 28.9 Å². The number of alkyl halides is 2. The topological polar surface area (TPSA) is 35.0 Å². The Labute approximate surface area is 212 Å². The van der Waals surface area contributed by atoms with E-state index in [1.54, 1.807) is 0 Å². The number of aromatic nitrogens is 2. The summed E-state index contributed by atoms with van der Waals surface area (Å²) >= 11 is 0.